The van der Waals surface area contributed by atoms with Crippen LogP contribution in [0.4, 0.5) is 11.9 Å². The monoisotopic (exact) mass is 344 g/mol. The number of para-hydroxylation sites is 2. The van der Waals surface area contributed by atoms with E-state index in [0.29, 0.717) is 30.6 Å². The van der Waals surface area contributed by atoms with Gasteiger partial charge in [0, 0.05) is 21.1 Å². The molecule has 0 bridgehead atoms. The molecule has 0 saturated heterocycles. The summed E-state index contributed by atoms with van der Waals surface area (Å²) in [6, 6.07) is 7.43. The number of amides is 1. The Morgan fingerprint density at radius 3 is 2.64 bits per heavy atom. The Bertz CT molecular complexity index is 782. The molecule has 0 fully saturated rings. The highest BCUT2D eigenvalue weighted by atomic mass is 16.6. The molecular formula is C16H20N6O3. The second-order valence-electron chi connectivity index (χ2n) is 5.89. The number of carbonyl (C=O) groups is 1. The summed E-state index contributed by atoms with van der Waals surface area (Å²) in [4.78, 5) is 27.8. The van der Waals surface area contributed by atoms with E-state index in [0.717, 1.165) is 0 Å². The van der Waals surface area contributed by atoms with Crippen LogP contribution in [-0.2, 0) is 0 Å². The van der Waals surface area contributed by atoms with E-state index in [1.807, 2.05) is 24.3 Å². The lowest BCUT2D eigenvalue weighted by Gasteiger charge is -2.29. The molecule has 1 atom stereocenters. The van der Waals surface area contributed by atoms with Crippen LogP contribution in [0, 0.1) is 0 Å². The van der Waals surface area contributed by atoms with E-state index in [4.69, 9.17) is 15.2 Å². The predicted octanol–water partition coefficient (Wildman–Crippen LogP) is 0.432. The summed E-state index contributed by atoms with van der Waals surface area (Å²) in [5.41, 5.74) is 5.67. The summed E-state index contributed by atoms with van der Waals surface area (Å²) < 4.78 is 11.5. The Hall–Kier alpha value is -3.10. The molecule has 2 heterocycles. The van der Waals surface area contributed by atoms with Gasteiger partial charge in [-0.1, -0.05) is 12.1 Å². The highest BCUT2D eigenvalue weighted by Crippen LogP contribution is 2.31. The molecule has 1 aromatic carbocycles. The van der Waals surface area contributed by atoms with Gasteiger partial charge in [-0.15, -0.1) is 0 Å². The van der Waals surface area contributed by atoms with Crippen molar-refractivity contribution >= 4 is 17.8 Å². The van der Waals surface area contributed by atoms with Crippen molar-refractivity contribution in [1.82, 2.24) is 19.9 Å². The minimum atomic E-state index is -0.361. The zero-order valence-electron chi connectivity index (χ0n) is 14.3. The van der Waals surface area contributed by atoms with Crippen LogP contribution in [0.5, 0.6) is 11.5 Å². The van der Waals surface area contributed by atoms with Crippen LogP contribution in [0.15, 0.2) is 24.3 Å². The molecule has 9 heteroatoms. The largest absolute Gasteiger partial charge is 0.486 e. The van der Waals surface area contributed by atoms with Crippen molar-refractivity contribution < 1.29 is 14.3 Å². The van der Waals surface area contributed by atoms with Crippen LogP contribution in [0.3, 0.4) is 0 Å². The lowest BCUT2D eigenvalue weighted by Crippen LogP contribution is -2.42. The fourth-order valence-electron chi connectivity index (χ4n) is 2.39. The summed E-state index contributed by atoms with van der Waals surface area (Å²) in [6.45, 7) is 0.687. The van der Waals surface area contributed by atoms with Crippen molar-refractivity contribution in [3.05, 3.63) is 30.1 Å². The third-order valence-electron chi connectivity index (χ3n) is 3.62. The first-order valence-electron chi connectivity index (χ1n) is 7.77. The van der Waals surface area contributed by atoms with Crippen molar-refractivity contribution in [2.75, 3.05) is 44.9 Å². The van der Waals surface area contributed by atoms with E-state index in [9.17, 15) is 4.79 Å². The molecule has 1 aliphatic rings. The van der Waals surface area contributed by atoms with Gasteiger partial charge >= 0.3 is 0 Å². The molecule has 0 radical (unpaired) electrons. The van der Waals surface area contributed by atoms with Gasteiger partial charge in [-0.3, -0.25) is 4.79 Å². The zero-order valence-corrected chi connectivity index (χ0v) is 14.3. The zero-order chi connectivity index (χ0) is 18.0. The maximum Gasteiger partial charge on any atom is 0.291 e. The number of ether oxygens (including phenoxy) is 2. The Labute approximate surface area is 145 Å². The summed E-state index contributed by atoms with van der Waals surface area (Å²) in [7, 11) is 5.18. The van der Waals surface area contributed by atoms with Gasteiger partial charge in [0.2, 0.25) is 17.7 Å². The van der Waals surface area contributed by atoms with Gasteiger partial charge in [0.15, 0.2) is 17.6 Å². The van der Waals surface area contributed by atoms with Crippen molar-refractivity contribution in [2.24, 2.45) is 0 Å². The summed E-state index contributed by atoms with van der Waals surface area (Å²) in [6.07, 6.45) is -0.281. The SMILES string of the molecule is CN(CC1COc2ccccc2O1)C(=O)c1nc(N)nc(N(C)C)n1. The number of nitrogens with zero attached hydrogens (tertiary/aromatic N) is 5. The molecule has 2 N–H and O–H groups in total. The number of nitrogen functional groups attached to an aromatic ring is 1. The Balaban J connectivity index is 1.69. The van der Waals surface area contributed by atoms with Gasteiger partial charge in [0.25, 0.3) is 5.91 Å². The maximum absolute atomic E-state index is 12.6. The van der Waals surface area contributed by atoms with Crippen LogP contribution >= 0.6 is 0 Å². The Kier molecular flexibility index (Phi) is 4.55. The minimum absolute atomic E-state index is 0.00151. The quantitative estimate of drug-likeness (QED) is 0.851. The predicted molar refractivity (Wildman–Crippen MR) is 91.9 cm³/mol. The van der Waals surface area contributed by atoms with Crippen molar-refractivity contribution in [2.45, 2.75) is 6.10 Å². The standard InChI is InChI=1S/C16H20N6O3/c1-21(2)16-19-13(18-15(17)20-16)14(23)22(3)8-10-9-24-11-6-4-5-7-12(11)25-10/h4-7,10H,8-9H2,1-3H3,(H2,17,18,19,20). The number of carbonyl (C=O) groups excluding carboxylic acids is 1. The van der Waals surface area contributed by atoms with Crippen molar-refractivity contribution in [3.63, 3.8) is 0 Å². The third kappa shape index (κ3) is 3.70. The first-order chi connectivity index (χ1) is 11.9. The molecule has 0 aliphatic carbocycles. The van der Waals surface area contributed by atoms with Gasteiger partial charge in [-0.2, -0.15) is 15.0 Å². The van der Waals surface area contributed by atoms with Crippen LogP contribution in [0.1, 0.15) is 10.6 Å². The van der Waals surface area contributed by atoms with E-state index in [2.05, 4.69) is 15.0 Å². The number of likely N-dealkylation sites (N-methyl/N-ethyl adjacent to an activating group) is 1. The number of hydrogen-bond acceptors (Lipinski definition) is 8. The van der Waals surface area contributed by atoms with Crippen LogP contribution in [0.2, 0.25) is 0 Å². The number of aromatic nitrogens is 3. The molecule has 25 heavy (non-hydrogen) atoms. The maximum atomic E-state index is 12.6. The summed E-state index contributed by atoms with van der Waals surface area (Å²) in [5.74, 6) is 1.33. The highest BCUT2D eigenvalue weighted by molar-refractivity contribution is 5.90. The molecule has 1 unspecified atom stereocenters. The number of anilines is 2. The first-order valence-corrected chi connectivity index (χ1v) is 7.77. The normalized spacial score (nSPS) is 15.6. The second kappa shape index (κ2) is 6.80. The molecular weight excluding hydrogens is 324 g/mol. The topological polar surface area (TPSA) is 107 Å². The molecule has 9 nitrogen and oxygen atoms in total. The average molecular weight is 344 g/mol. The summed E-state index contributed by atoms with van der Waals surface area (Å²) >= 11 is 0. The van der Waals surface area contributed by atoms with Crippen LogP contribution in [-0.4, -0.2) is 66.2 Å². The van der Waals surface area contributed by atoms with Gasteiger partial charge in [0.05, 0.1) is 6.54 Å². The fraction of sp³-hybridized carbons (Fsp3) is 0.375. The van der Waals surface area contributed by atoms with Crippen LogP contribution in [0.25, 0.3) is 0 Å². The number of benzene rings is 1. The number of hydrogen-bond donors (Lipinski definition) is 1. The second-order valence-corrected chi connectivity index (χ2v) is 5.89. The van der Waals surface area contributed by atoms with E-state index in [-0.39, 0.29) is 23.8 Å². The first kappa shape index (κ1) is 16.7. The molecule has 0 spiro atoms. The Morgan fingerprint density at radius 1 is 1.20 bits per heavy atom. The van der Waals surface area contributed by atoms with E-state index >= 15 is 0 Å². The lowest BCUT2D eigenvalue weighted by molar-refractivity contribution is 0.0513. The van der Waals surface area contributed by atoms with Crippen LogP contribution < -0.4 is 20.1 Å². The van der Waals surface area contributed by atoms with Gasteiger partial charge in [0.1, 0.15) is 6.61 Å². The lowest BCUT2D eigenvalue weighted by atomic mass is 10.2. The minimum Gasteiger partial charge on any atom is -0.486 e. The molecule has 1 aromatic heterocycles. The van der Waals surface area contributed by atoms with Gasteiger partial charge in [-0.05, 0) is 12.1 Å². The van der Waals surface area contributed by atoms with Crippen molar-refractivity contribution in [1.29, 1.82) is 0 Å². The molecule has 0 saturated carbocycles. The molecule has 1 amide bonds. The highest BCUT2D eigenvalue weighted by Gasteiger charge is 2.25. The average Bonchev–Trinajstić information content (AvgIpc) is 2.60. The fourth-order valence-corrected chi connectivity index (χ4v) is 2.39. The van der Waals surface area contributed by atoms with E-state index in [1.165, 1.54) is 4.90 Å². The Morgan fingerprint density at radius 2 is 1.92 bits per heavy atom. The van der Waals surface area contributed by atoms with Gasteiger partial charge < -0.3 is 25.0 Å². The van der Waals surface area contributed by atoms with E-state index < -0.39 is 0 Å². The van der Waals surface area contributed by atoms with Crippen molar-refractivity contribution in [3.8, 4) is 11.5 Å². The smallest absolute Gasteiger partial charge is 0.291 e. The number of nitrogens with two attached hydrogens (primary N) is 1. The molecule has 2 aromatic rings. The number of rotatable bonds is 4. The molecule has 1 aliphatic heterocycles. The van der Waals surface area contributed by atoms with E-state index in [1.54, 1.807) is 26.0 Å². The summed E-state index contributed by atoms with van der Waals surface area (Å²) in [5, 5.41) is 0. The number of fused-ring (bicyclic) bond motifs is 1. The molecule has 3 rings (SSSR count). The third-order valence-corrected chi connectivity index (χ3v) is 3.62. The van der Waals surface area contributed by atoms with Gasteiger partial charge in [-0.25, -0.2) is 0 Å². The molecule has 132 valence electrons.